The van der Waals surface area contributed by atoms with Crippen LogP contribution in [-0.2, 0) is 17.4 Å². The zero-order chi connectivity index (χ0) is 14.9. The van der Waals surface area contributed by atoms with Crippen LogP contribution in [0.4, 0.5) is 17.6 Å². The van der Waals surface area contributed by atoms with Crippen LogP contribution in [0.25, 0.3) is 11.3 Å². The number of carboxylic acid groups (broad SMARTS) is 1. The first-order valence-corrected chi connectivity index (χ1v) is 6.18. The Balaban J connectivity index is 2.40. The second-order valence-electron chi connectivity index (χ2n) is 3.92. The van der Waals surface area contributed by atoms with Crippen molar-refractivity contribution in [2.75, 3.05) is 0 Å². The Morgan fingerprint density at radius 3 is 2.60 bits per heavy atom. The summed E-state index contributed by atoms with van der Waals surface area (Å²) in [5.74, 6) is -2.12. The molecular weight excluding hydrogens is 298 g/mol. The fourth-order valence-electron chi connectivity index (χ4n) is 1.56. The van der Waals surface area contributed by atoms with Crippen LogP contribution in [0.1, 0.15) is 10.6 Å². The van der Waals surface area contributed by atoms with Gasteiger partial charge in [-0.2, -0.15) is 13.2 Å². The second kappa shape index (κ2) is 5.20. The summed E-state index contributed by atoms with van der Waals surface area (Å²) in [4.78, 5) is 14.4. The summed E-state index contributed by atoms with van der Waals surface area (Å²) in [7, 11) is 0. The lowest BCUT2D eigenvalue weighted by atomic mass is 10.1. The number of benzene rings is 1. The van der Waals surface area contributed by atoms with Crippen LogP contribution in [0.15, 0.2) is 23.6 Å². The predicted octanol–water partition coefficient (Wildman–Crippen LogP) is 3.60. The third-order valence-electron chi connectivity index (χ3n) is 2.38. The number of hydrogen-bond donors (Lipinski definition) is 1. The minimum Gasteiger partial charge on any atom is -0.481 e. The highest BCUT2D eigenvalue weighted by atomic mass is 32.1. The van der Waals surface area contributed by atoms with Gasteiger partial charge in [0.2, 0.25) is 0 Å². The molecule has 2 aromatic rings. The number of aromatic nitrogens is 1. The van der Waals surface area contributed by atoms with E-state index in [4.69, 9.17) is 5.11 Å². The molecule has 0 unspecified atom stereocenters. The van der Waals surface area contributed by atoms with Crippen LogP contribution in [0.5, 0.6) is 0 Å². The van der Waals surface area contributed by atoms with Crippen LogP contribution in [0.2, 0.25) is 0 Å². The van der Waals surface area contributed by atoms with Crippen molar-refractivity contribution in [3.8, 4) is 11.3 Å². The molecule has 106 valence electrons. The van der Waals surface area contributed by atoms with Gasteiger partial charge in [0.1, 0.15) is 10.8 Å². The topological polar surface area (TPSA) is 50.2 Å². The number of alkyl halides is 3. The molecular formula is C12H7F4NO2S. The molecule has 0 aliphatic heterocycles. The standard InChI is InChI=1S/C12H7F4NO2S/c13-8-2-6(1-7(3-8)12(14,15)16)9-5-20-10(17-9)4-11(18)19/h1-3,5H,4H2,(H,18,19). The average molecular weight is 305 g/mol. The highest BCUT2D eigenvalue weighted by Gasteiger charge is 2.31. The maximum Gasteiger partial charge on any atom is 0.416 e. The summed E-state index contributed by atoms with van der Waals surface area (Å²) in [5.41, 5.74) is -1.03. The van der Waals surface area contributed by atoms with Gasteiger partial charge in [-0.25, -0.2) is 9.37 Å². The van der Waals surface area contributed by atoms with Crippen molar-refractivity contribution >= 4 is 17.3 Å². The number of rotatable bonds is 3. The van der Waals surface area contributed by atoms with Crippen LogP contribution in [0.3, 0.4) is 0 Å². The van der Waals surface area contributed by atoms with E-state index in [0.717, 1.165) is 23.5 Å². The van der Waals surface area contributed by atoms with Crippen molar-refractivity contribution in [3.05, 3.63) is 40.0 Å². The fourth-order valence-corrected chi connectivity index (χ4v) is 2.35. The van der Waals surface area contributed by atoms with Crippen LogP contribution in [0, 0.1) is 5.82 Å². The number of thiazole rings is 1. The first-order chi connectivity index (χ1) is 9.25. The van der Waals surface area contributed by atoms with E-state index in [1.165, 1.54) is 5.38 Å². The minimum atomic E-state index is -4.66. The van der Waals surface area contributed by atoms with E-state index < -0.39 is 23.5 Å². The SMILES string of the molecule is O=C(O)Cc1nc(-c2cc(F)cc(C(F)(F)F)c2)cs1. The maximum absolute atomic E-state index is 13.2. The largest absolute Gasteiger partial charge is 0.481 e. The van der Waals surface area contributed by atoms with E-state index >= 15 is 0 Å². The number of halogens is 4. The summed E-state index contributed by atoms with van der Waals surface area (Å²) in [5, 5.41) is 10.2. The molecule has 1 N–H and O–H groups in total. The van der Waals surface area contributed by atoms with Crippen molar-refractivity contribution in [3.63, 3.8) is 0 Å². The quantitative estimate of drug-likeness (QED) is 0.882. The maximum atomic E-state index is 13.2. The van der Waals surface area contributed by atoms with E-state index in [-0.39, 0.29) is 22.7 Å². The third-order valence-corrected chi connectivity index (χ3v) is 3.22. The molecule has 0 spiro atoms. The molecule has 0 radical (unpaired) electrons. The summed E-state index contributed by atoms with van der Waals surface area (Å²) in [6.07, 6.45) is -4.98. The van der Waals surface area contributed by atoms with Gasteiger partial charge >= 0.3 is 12.1 Å². The molecule has 0 fully saturated rings. The number of nitrogens with zero attached hydrogens (tertiary/aromatic N) is 1. The lowest BCUT2D eigenvalue weighted by Gasteiger charge is -2.08. The molecule has 0 saturated heterocycles. The third kappa shape index (κ3) is 3.32. The number of carbonyl (C=O) groups is 1. The molecule has 1 heterocycles. The van der Waals surface area contributed by atoms with Gasteiger partial charge < -0.3 is 5.11 Å². The molecule has 0 atom stereocenters. The Morgan fingerprint density at radius 1 is 1.30 bits per heavy atom. The zero-order valence-corrected chi connectivity index (χ0v) is 10.6. The summed E-state index contributed by atoms with van der Waals surface area (Å²) < 4.78 is 51.0. The van der Waals surface area contributed by atoms with Gasteiger partial charge in [0.25, 0.3) is 0 Å². The smallest absolute Gasteiger partial charge is 0.416 e. The van der Waals surface area contributed by atoms with Crippen molar-refractivity contribution < 1.29 is 27.5 Å². The van der Waals surface area contributed by atoms with Crippen molar-refractivity contribution in [1.29, 1.82) is 0 Å². The molecule has 0 aliphatic carbocycles. The van der Waals surface area contributed by atoms with E-state index in [2.05, 4.69) is 4.98 Å². The Labute approximate surface area is 114 Å². The Kier molecular flexibility index (Phi) is 3.76. The molecule has 0 saturated carbocycles. The monoisotopic (exact) mass is 305 g/mol. The summed E-state index contributed by atoms with van der Waals surface area (Å²) in [6, 6.07) is 2.10. The number of carboxylic acids is 1. The predicted molar refractivity (Wildman–Crippen MR) is 63.8 cm³/mol. The van der Waals surface area contributed by atoms with Crippen molar-refractivity contribution in [1.82, 2.24) is 4.98 Å². The normalized spacial score (nSPS) is 11.6. The van der Waals surface area contributed by atoms with Gasteiger partial charge in [0.05, 0.1) is 17.7 Å². The van der Waals surface area contributed by atoms with Crippen LogP contribution >= 0.6 is 11.3 Å². The second-order valence-corrected chi connectivity index (χ2v) is 4.87. The molecule has 2 rings (SSSR count). The molecule has 0 aliphatic rings. The summed E-state index contributed by atoms with van der Waals surface area (Å²) in [6.45, 7) is 0. The lowest BCUT2D eigenvalue weighted by molar-refractivity contribution is -0.138. The van der Waals surface area contributed by atoms with E-state index in [1.54, 1.807) is 0 Å². The van der Waals surface area contributed by atoms with Gasteiger partial charge in [-0.1, -0.05) is 0 Å². The lowest BCUT2D eigenvalue weighted by Crippen LogP contribution is -2.05. The number of aliphatic carboxylic acids is 1. The number of hydrogen-bond acceptors (Lipinski definition) is 3. The van der Waals surface area contributed by atoms with Gasteiger partial charge in [-0.05, 0) is 18.2 Å². The molecule has 0 amide bonds. The first-order valence-electron chi connectivity index (χ1n) is 5.30. The van der Waals surface area contributed by atoms with Gasteiger partial charge in [-0.15, -0.1) is 11.3 Å². The highest BCUT2D eigenvalue weighted by Crippen LogP contribution is 2.33. The molecule has 20 heavy (non-hydrogen) atoms. The van der Waals surface area contributed by atoms with Crippen molar-refractivity contribution in [2.45, 2.75) is 12.6 Å². The van der Waals surface area contributed by atoms with E-state index in [0.29, 0.717) is 6.07 Å². The molecule has 1 aromatic carbocycles. The Hall–Kier alpha value is -1.96. The van der Waals surface area contributed by atoms with Crippen LogP contribution < -0.4 is 0 Å². The molecule has 3 nitrogen and oxygen atoms in total. The zero-order valence-electron chi connectivity index (χ0n) is 9.74. The van der Waals surface area contributed by atoms with Gasteiger partial charge in [0, 0.05) is 10.9 Å². The van der Waals surface area contributed by atoms with Crippen molar-refractivity contribution in [2.24, 2.45) is 0 Å². The van der Waals surface area contributed by atoms with Gasteiger partial charge in [-0.3, -0.25) is 4.79 Å². The highest BCUT2D eigenvalue weighted by molar-refractivity contribution is 7.10. The molecule has 0 bridgehead atoms. The summed E-state index contributed by atoms with van der Waals surface area (Å²) >= 11 is 0.996. The average Bonchev–Trinajstić information content (AvgIpc) is 2.74. The molecule has 1 aromatic heterocycles. The van der Waals surface area contributed by atoms with E-state index in [9.17, 15) is 22.4 Å². The molecule has 8 heteroatoms. The fraction of sp³-hybridized carbons (Fsp3) is 0.167. The van der Waals surface area contributed by atoms with Gasteiger partial charge in [0.15, 0.2) is 0 Å². The Bertz CT molecular complexity index is 651. The minimum absolute atomic E-state index is 0.0368. The Morgan fingerprint density at radius 2 is 2.00 bits per heavy atom. The van der Waals surface area contributed by atoms with E-state index in [1.807, 2.05) is 0 Å². The van der Waals surface area contributed by atoms with Crippen LogP contribution in [-0.4, -0.2) is 16.1 Å². The first kappa shape index (κ1) is 14.4.